The molecule has 0 bridgehead atoms. The number of piperidine rings is 1. The van der Waals surface area contributed by atoms with Gasteiger partial charge in [0.25, 0.3) is 0 Å². The summed E-state index contributed by atoms with van der Waals surface area (Å²) < 4.78 is 21.9. The van der Waals surface area contributed by atoms with Gasteiger partial charge in [-0.15, -0.1) is 0 Å². The van der Waals surface area contributed by atoms with Crippen molar-refractivity contribution in [1.82, 2.24) is 14.8 Å². The maximum absolute atomic E-state index is 13.9. The average molecular weight is 451 g/mol. The smallest absolute Gasteiger partial charge is 0.166 e. The number of aromatic nitrogens is 3. The second kappa shape index (κ2) is 8.79. The van der Waals surface area contributed by atoms with Crippen LogP contribution in [0.1, 0.15) is 37.5 Å². The van der Waals surface area contributed by atoms with Gasteiger partial charge in [0.1, 0.15) is 11.9 Å². The zero-order valence-electron chi connectivity index (χ0n) is 16.5. The molecule has 0 saturated carbocycles. The first-order chi connectivity index (χ1) is 14.4. The highest BCUT2D eigenvalue weighted by atomic mass is 35.5. The van der Waals surface area contributed by atoms with Crippen molar-refractivity contribution in [3.8, 4) is 16.9 Å². The molecule has 3 heterocycles. The molecule has 1 aromatic carbocycles. The van der Waals surface area contributed by atoms with Crippen LogP contribution in [-0.2, 0) is 0 Å². The van der Waals surface area contributed by atoms with Gasteiger partial charge in [0, 0.05) is 46.9 Å². The molecule has 0 spiro atoms. The van der Waals surface area contributed by atoms with Crippen molar-refractivity contribution in [2.45, 2.75) is 31.9 Å². The number of hydrogen-bond donors (Lipinski definition) is 2. The van der Waals surface area contributed by atoms with E-state index in [-0.39, 0.29) is 10.8 Å². The molecule has 0 radical (unpaired) electrons. The minimum absolute atomic E-state index is 0.0660. The zero-order valence-corrected chi connectivity index (χ0v) is 18.0. The van der Waals surface area contributed by atoms with Gasteiger partial charge in [0.15, 0.2) is 11.6 Å². The third-order valence-corrected chi connectivity index (χ3v) is 6.10. The van der Waals surface area contributed by atoms with Crippen LogP contribution in [-0.4, -0.2) is 27.9 Å². The first-order valence-corrected chi connectivity index (χ1v) is 10.6. The SMILES string of the molecule is C[C@H](Oc1cc(-c2cnn(C3CC[NH2+]CC3)c2)cnc1N)c1c(Cl)ccc(F)c1Cl. The second-order valence-electron chi connectivity index (χ2n) is 7.43. The highest BCUT2D eigenvalue weighted by molar-refractivity contribution is 6.36. The van der Waals surface area contributed by atoms with Crippen LogP contribution in [0, 0.1) is 5.82 Å². The molecular weight excluding hydrogens is 428 g/mol. The summed E-state index contributed by atoms with van der Waals surface area (Å²) in [6.45, 7) is 3.96. The fraction of sp³-hybridized carbons (Fsp3) is 0.333. The van der Waals surface area contributed by atoms with Gasteiger partial charge in [0.2, 0.25) is 0 Å². The Morgan fingerprint density at radius 2 is 2.00 bits per heavy atom. The second-order valence-corrected chi connectivity index (χ2v) is 8.22. The third kappa shape index (κ3) is 4.24. The Balaban J connectivity index is 1.58. The number of benzene rings is 1. The summed E-state index contributed by atoms with van der Waals surface area (Å²) in [5.41, 5.74) is 8.14. The van der Waals surface area contributed by atoms with Crippen LogP contribution in [0.5, 0.6) is 5.75 Å². The number of anilines is 1. The largest absolute Gasteiger partial charge is 0.482 e. The van der Waals surface area contributed by atoms with Gasteiger partial charge >= 0.3 is 0 Å². The molecule has 3 aromatic rings. The Morgan fingerprint density at radius 1 is 1.23 bits per heavy atom. The van der Waals surface area contributed by atoms with Crippen LogP contribution in [0.3, 0.4) is 0 Å². The molecule has 0 aliphatic carbocycles. The van der Waals surface area contributed by atoms with Crippen LogP contribution in [0.4, 0.5) is 10.2 Å². The molecule has 2 aromatic heterocycles. The van der Waals surface area contributed by atoms with E-state index in [1.54, 1.807) is 19.2 Å². The van der Waals surface area contributed by atoms with E-state index in [1.165, 1.54) is 12.1 Å². The maximum atomic E-state index is 13.9. The summed E-state index contributed by atoms with van der Waals surface area (Å²) in [7, 11) is 0. The van der Waals surface area contributed by atoms with Crippen LogP contribution < -0.4 is 15.8 Å². The molecule has 30 heavy (non-hydrogen) atoms. The lowest BCUT2D eigenvalue weighted by Crippen LogP contribution is -2.86. The molecule has 0 amide bonds. The van der Waals surface area contributed by atoms with Crippen LogP contribution in [0.25, 0.3) is 11.1 Å². The monoisotopic (exact) mass is 450 g/mol. The molecular formula is C21H23Cl2FN5O+. The lowest BCUT2D eigenvalue weighted by molar-refractivity contribution is -0.664. The van der Waals surface area contributed by atoms with E-state index in [1.807, 2.05) is 17.1 Å². The lowest BCUT2D eigenvalue weighted by atomic mass is 10.1. The number of halogens is 3. The fourth-order valence-corrected chi connectivity index (χ4v) is 4.41. The quantitative estimate of drug-likeness (QED) is 0.575. The van der Waals surface area contributed by atoms with Crippen molar-refractivity contribution in [2.75, 3.05) is 18.8 Å². The minimum atomic E-state index is -0.624. The number of hydrogen-bond acceptors (Lipinski definition) is 4. The van der Waals surface area contributed by atoms with Crippen molar-refractivity contribution >= 4 is 29.0 Å². The van der Waals surface area contributed by atoms with Crippen molar-refractivity contribution < 1.29 is 14.4 Å². The molecule has 6 nitrogen and oxygen atoms in total. The Bertz CT molecular complexity index is 1050. The highest BCUT2D eigenvalue weighted by Gasteiger charge is 2.21. The molecule has 4 N–H and O–H groups in total. The fourth-order valence-electron chi connectivity index (χ4n) is 3.73. The number of nitrogens with zero attached hydrogens (tertiary/aromatic N) is 3. The molecule has 1 fully saturated rings. The average Bonchev–Trinajstić information content (AvgIpc) is 3.24. The maximum Gasteiger partial charge on any atom is 0.166 e. The van der Waals surface area contributed by atoms with Gasteiger partial charge in [-0.1, -0.05) is 23.2 Å². The first kappa shape index (κ1) is 20.9. The van der Waals surface area contributed by atoms with Gasteiger partial charge in [0.05, 0.1) is 30.4 Å². The molecule has 158 valence electrons. The minimum Gasteiger partial charge on any atom is -0.482 e. The summed E-state index contributed by atoms with van der Waals surface area (Å²) in [6, 6.07) is 4.89. The molecule has 1 saturated heterocycles. The van der Waals surface area contributed by atoms with Crippen LogP contribution in [0.15, 0.2) is 36.8 Å². The van der Waals surface area contributed by atoms with Crippen LogP contribution in [0.2, 0.25) is 10.0 Å². The van der Waals surface area contributed by atoms with E-state index in [2.05, 4.69) is 15.4 Å². The first-order valence-electron chi connectivity index (χ1n) is 9.85. The number of nitrogen functional groups attached to an aromatic ring is 1. The Labute approximate surface area is 184 Å². The molecule has 4 rings (SSSR count). The predicted octanol–water partition coefficient (Wildman–Crippen LogP) is 4.01. The van der Waals surface area contributed by atoms with Crippen molar-refractivity contribution in [2.24, 2.45) is 0 Å². The van der Waals surface area contributed by atoms with Crippen molar-refractivity contribution in [3.63, 3.8) is 0 Å². The Hall–Kier alpha value is -2.35. The molecule has 9 heteroatoms. The van der Waals surface area contributed by atoms with E-state index >= 15 is 0 Å². The Kier molecular flexibility index (Phi) is 6.13. The van der Waals surface area contributed by atoms with Gasteiger partial charge in [-0.2, -0.15) is 5.10 Å². The molecule has 0 unspecified atom stereocenters. The summed E-state index contributed by atoms with van der Waals surface area (Å²) in [5, 5.41) is 7.12. The number of pyridine rings is 1. The van der Waals surface area contributed by atoms with E-state index in [0.717, 1.165) is 37.1 Å². The van der Waals surface area contributed by atoms with Gasteiger partial charge in [-0.3, -0.25) is 4.68 Å². The molecule has 1 atom stereocenters. The van der Waals surface area contributed by atoms with E-state index in [4.69, 9.17) is 33.7 Å². The Morgan fingerprint density at radius 3 is 2.77 bits per heavy atom. The summed E-state index contributed by atoms with van der Waals surface area (Å²) in [6.07, 6.45) is 7.10. The summed E-state index contributed by atoms with van der Waals surface area (Å²) in [5.74, 6) is 0.0416. The number of ether oxygens (including phenoxy) is 1. The third-order valence-electron chi connectivity index (χ3n) is 5.39. The number of nitrogens with two attached hydrogens (primary N) is 2. The summed E-state index contributed by atoms with van der Waals surface area (Å²) in [4.78, 5) is 4.26. The normalized spacial score (nSPS) is 15.9. The number of rotatable bonds is 5. The van der Waals surface area contributed by atoms with Gasteiger partial charge in [-0.25, -0.2) is 9.37 Å². The zero-order chi connectivity index (χ0) is 21.3. The van der Waals surface area contributed by atoms with Crippen molar-refractivity contribution in [3.05, 3.63) is 58.2 Å². The molecule has 1 aliphatic rings. The van der Waals surface area contributed by atoms with E-state index < -0.39 is 11.9 Å². The van der Waals surface area contributed by atoms with Gasteiger partial charge < -0.3 is 15.8 Å². The standard InChI is InChI=1S/C21H22Cl2FN5O/c1-12(19-16(22)2-3-17(24)20(19)23)30-18-8-13(9-27-21(18)25)14-10-28-29(11-14)15-4-6-26-7-5-15/h2-3,8-12,15,26H,4-7H2,1H3,(H2,25,27)/p+1/t12-/m0/s1. The van der Waals surface area contributed by atoms with Crippen molar-refractivity contribution in [1.29, 1.82) is 0 Å². The van der Waals surface area contributed by atoms with Crippen LogP contribution >= 0.6 is 23.2 Å². The van der Waals surface area contributed by atoms with E-state index in [9.17, 15) is 4.39 Å². The van der Waals surface area contributed by atoms with Gasteiger partial charge in [-0.05, 0) is 25.1 Å². The lowest BCUT2D eigenvalue weighted by Gasteiger charge is -2.20. The number of quaternary nitrogens is 1. The predicted molar refractivity (Wildman–Crippen MR) is 115 cm³/mol. The highest BCUT2D eigenvalue weighted by Crippen LogP contribution is 2.37. The topological polar surface area (TPSA) is 82.6 Å². The molecule has 1 aliphatic heterocycles. The summed E-state index contributed by atoms with van der Waals surface area (Å²) >= 11 is 12.3. The van der Waals surface area contributed by atoms with E-state index in [0.29, 0.717) is 22.4 Å².